The molecule has 0 saturated heterocycles. The normalized spacial score (nSPS) is 14.1. The Labute approximate surface area is 153 Å². The van der Waals surface area contributed by atoms with E-state index < -0.39 is 27.3 Å². The van der Waals surface area contributed by atoms with E-state index in [1.807, 2.05) is 30.3 Å². The maximum Gasteiger partial charge on any atom is 0.286 e. The topological polar surface area (TPSA) is 101 Å². The molecule has 0 radical (unpaired) electrons. The van der Waals surface area contributed by atoms with E-state index in [1.165, 1.54) is 6.92 Å². The van der Waals surface area contributed by atoms with E-state index in [-0.39, 0.29) is 23.2 Å². The fraction of sp³-hybridized carbons (Fsp3) is 0.529. The molecule has 8 heteroatoms. The predicted molar refractivity (Wildman–Crippen MR) is 99.7 cm³/mol. The van der Waals surface area contributed by atoms with Crippen LogP contribution in [0.3, 0.4) is 0 Å². The first-order chi connectivity index (χ1) is 11.6. The predicted octanol–water partition coefficient (Wildman–Crippen LogP) is 2.50. The molecule has 1 rings (SSSR count). The smallest absolute Gasteiger partial charge is 0.286 e. The minimum atomic E-state index is -4.40. The summed E-state index contributed by atoms with van der Waals surface area (Å²) in [5.74, 6) is -0.837. The van der Waals surface area contributed by atoms with E-state index in [4.69, 9.17) is 0 Å². The van der Waals surface area contributed by atoms with Crippen LogP contribution >= 0.6 is 11.8 Å². The Morgan fingerprint density at radius 2 is 1.80 bits per heavy atom. The van der Waals surface area contributed by atoms with Gasteiger partial charge in [-0.1, -0.05) is 55.9 Å². The quantitative estimate of drug-likeness (QED) is 0.632. The Balaban J connectivity index is 2.90. The van der Waals surface area contributed by atoms with E-state index in [9.17, 15) is 22.6 Å². The lowest BCUT2D eigenvalue weighted by molar-refractivity contribution is -0.124. The molecular weight excluding hydrogens is 362 g/mol. The molecule has 2 unspecified atom stereocenters. The summed E-state index contributed by atoms with van der Waals surface area (Å²) >= 11 is 1.02. The Kier molecular flexibility index (Phi) is 8.61. The highest BCUT2D eigenvalue weighted by Gasteiger charge is 2.29. The summed E-state index contributed by atoms with van der Waals surface area (Å²) in [6.07, 6.45) is 0.495. The zero-order valence-electron chi connectivity index (χ0n) is 14.6. The third-order valence-corrected chi connectivity index (χ3v) is 5.54. The third-order valence-electron chi connectivity index (χ3n) is 3.53. The van der Waals surface area contributed by atoms with Crippen LogP contribution in [-0.4, -0.2) is 35.1 Å². The van der Waals surface area contributed by atoms with Crippen LogP contribution in [-0.2, 0) is 26.1 Å². The molecule has 0 spiro atoms. The second-order valence-electron chi connectivity index (χ2n) is 6.33. The summed E-state index contributed by atoms with van der Waals surface area (Å²) in [6, 6.07) is 9.30. The van der Waals surface area contributed by atoms with Crippen LogP contribution in [0.15, 0.2) is 30.3 Å². The van der Waals surface area contributed by atoms with E-state index >= 15 is 0 Å². The summed E-state index contributed by atoms with van der Waals surface area (Å²) in [4.78, 5) is 23.8. The third kappa shape index (κ3) is 8.51. The Morgan fingerprint density at radius 1 is 1.20 bits per heavy atom. The van der Waals surface area contributed by atoms with Crippen molar-refractivity contribution in [1.29, 1.82) is 0 Å². The fourth-order valence-corrected chi connectivity index (χ4v) is 3.90. The van der Waals surface area contributed by atoms with Gasteiger partial charge in [0.15, 0.2) is 10.5 Å². The molecule has 6 nitrogen and oxygen atoms in total. The minimum absolute atomic E-state index is 0.0219. The second kappa shape index (κ2) is 9.94. The van der Waals surface area contributed by atoms with E-state index in [0.717, 1.165) is 17.3 Å². The van der Waals surface area contributed by atoms with Crippen molar-refractivity contribution in [3.05, 3.63) is 35.9 Å². The van der Waals surface area contributed by atoms with Crippen molar-refractivity contribution in [2.45, 2.75) is 39.0 Å². The first-order valence-corrected chi connectivity index (χ1v) is 10.5. The number of hydrogen-bond donors (Lipinski definition) is 2. The van der Waals surface area contributed by atoms with Crippen molar-refractivity contribution in [1.82, 2.24) is 5.32 Å². The first kappa shape index (κ1) is 21.7. The Bertz CT molecular complexity index is 674. The molecule has 0 aliphatic rings. The highest BCUT2D eigenvalue weighted by molar-refractivity contribution is 8.13. The average Bonchev–Trinajstić information content (AvgIpc) is 2.50. The molecule has 0 saturated carbocycles. The second-order valence-corrected chi connectivity index (χ2v) is 9.13. The molecule has 2 atom stereocenters. The van der Waals surface area contributed by atoms with Gasteiger partial charge < -0.3 is 5.32 Å². The van der Waals surface area contributed by atoms with E-state index in [2.05, 4.69) is 5.32 Å². The van der Waals surface area contributed by atoms with Gasteiger partial charge in [0.2, 0.25) is 5.91 Å². The molecule has 0 aromatic heterocycles. The van der Waals surface area contributed by atoms with Gasteiger partial charge in [0.1, 0.15) is 0 Å². The van der Waals surface area contributed by atoms with Gasteiger partial charge in [-0.05, 0) is 24.3 Å². The zero-order valence-corrected chi connectivity index (χ0v) is 16.3. The molecule has 1 aromatic rings. The maximum atomic E-state index is 12.6. The zero-order chi connectivity index (χ0) is 19.0. The lowest BCUT2D eigenvalue weighted by Crippen LogP contribution is -2.45. The van der Waals surface area contributed by atoms with Crippen molar-refractivity contribution in [3.63, 3.8) is 0 Å². The van der Waals surface area contributed by atoms with Gasteiger partial charge in [-0.3, -0.25) is 14.1 Å². The molecule has 1 aromatic carbocycles. The standard InChI is InChI=1S/C17H25NO5S2/c1-12(2)9-16(25(21,22)23)18-17(20)15(11-24-13(3)19)10-14-7-5-4-6-8-14/h4-8,12,15-16H,9-11H2,1-3H3,(H,18,20)(H,21,22,23). The Hall–Kier alpha value is -1.38. The molecule has 140 valence electrons. The van der Waals surface area contributed by atoms with Crippen LogP contribution in [0.5, 0.6) is 0 Å². The molecule has 0 aliphatic heterocycles. The molecule has 2 N–H and O–H groups in total. The van der Waals surface area contributed by atoms with E-state index in [0.29, 0.717) is 6.42 Å². The maximum absolute atomic E-state index is 12.6. The van der Waals surface area contributed by atoms with Gasteiger partial charge in [0.05, 0.1) is 5.92 Å². The van der Waals surface area contributed by atoms with Crippen LogP contribution in [0.1, 0.15) is 32.8 Å². The summed E-state index contributed by atoms with van der Waals surface area (Å²) in [6.45, 7) is 5.02. The van der Waals surface area contributed by atoms with Crippen molar-refractivity contribution >= 4 is 32.9 Å². The van der Waals surface area contributed by atoms with Crippen molar-refractivity contribution in [2.75, 3.05) is 5.75 Å². The van der Waals surface area contributed by atoms with Crippen molar-refractivity contribution in [2.24, 2.45) is 11.8 Å². The largest absolute Gasteiger partial charge is 0.337 e. The molecule has 25 heavy (non-hydrogen) atoms. The van der Waals surface area contributed by atoms with Crippen LogP contribution in [0.2, 0.25) is 0 Å². The fourth-order valence-electron chi connectivity index (χ4n) is 2.30. The lowest BCUT2D eigenvalue weighted by atomic mass is 10.00. The number of benzene rings is 1. The van der Waals surface area contributed by atoms with Crippen molar-refractivity contribution < 1.29 is 22.6 Å². The van der Waals surface area contributed by atoms with E-state index in [1.54, 1.807) is 13.8 Å². The SMILES string of the molecule is CC(=O)SCC(Cc1ccccc1)C(=O)NC(CC(C)C)S(=O)(=O)O. The number of thioether (sulfide) groups is 1. The summed E-state index contributed by atoms with van der Waals surface area (Å²) < 4.78 is 32.4. The van der Waals surface area contributed by atoms with Gasteiger partial charge in [-0.25, -0.2) is 0 Å². The van der Waals surface area contributed by atoms with Crippen LogP contribution < -0.4 is 5.32 Å². The van der Waals surface area contributed by atoms with Gasteiger partial charge in [0, 0.05) is 12.7 Å². The van der Waals surface area contributed by atoms with Crippen molar-refractivity contribution in [3.8, 4) is 0 Å². The van der Waals surface area contributed by atoms with Gasteiger partial charge in [-0.15, -0.1) is 0 Å². The number of amides is 1. The number of rotatable bonds is 9. The summed E-state index contributed by atoms with van der Waals surface area (Å²) in [5.41, 5.74) is 0.916. The lowest BCUT2D eigenvalue weighted by Gasteiger charge is -2.22. The molecule has 0 bridgehead atoms. The summed E-state index contributed by atoms with van der Waals surface area (Å²) in [7, 11) is -4.40. The highest BCUT2D eigenvalue weighted by Crippen LogP contribution is 2.17. The molecule has 0 fully saturated rings. The Morgan fingerprint density at radius 3 is 2.28 bits per heavy atom. The number of carbonyl (C=O) groups excluding carboxylic acids is 2. The molecular formula is C17H25NO5S2. The van der Waals surface area contributed by atoms with Gasteiger partial charge >= 0.3 is 0 Å². The molecule has 0 aliphatic carbocycles. The number of carbonyl (C=O) groups is 2. The molecule has 1 amide bonds. The first-order valence-electron chi connectivity index (χ1n) is 8.03. The van der Waals surface area contributed by atoms with Crippen LogP contribution in [0.4, 0.5) is 0 Å². The molecule has 0 heterocycles. The van der Waals surface area contributed by atoms with Gasteiger partial charge in [-0.2, -0.15) is 8.42 Å². The average molecular weight is 388 g/mol. The van der Waals surface area contributed by atoms with Gasteiger partial charge in [0.25, 0.3) is 10.1 Å². The number of nitrogens with one attached hydrogen (secondary N) is 1. The highest BCUT2D eigenvalue weighted by atomic mass is 32.2. The summed E-state index contributed by atoms with van der Waals surface area (Å²) in [5, 5.41) is 0.972. The minimum Gasteiger partial charge on any atom is -0.337 e. The monoisotopic (exact) mass is 387 g/mol. The number of hydrogen-bond acceptors (Lipinski definition) is 5. The van der Waals surface area contributed by atoms with Crippen LogP contribution in [0, 0.1) is 11.8 Å². The van der Waals surface area contributed by atoms with Crippen LogP contribution in [0.25, 0.3) is 0 Å².